The van der Waals surface area contributed by atoms with Crippen LogP contribution in [0.25, 0.3) is 0 Å². The van der Waals surface area contributed by atoms with Crippen molar-refractivity contribution in [2.75, 3.05) is 13.6 Å². The van der Waals surface area contributed by atoms with Gasteiger partial charge in [-0.2, -0.15) is 0 Å². The Morgan fingerprint density at radius 1 is 1.80 bits per heavy atom. The Labute approximate surface area is 63.1 Å². The lowest BCUT2D eigenvalue weighted by Gasteiger charge is -2.30. The topological polar surface area (TPSA) is 55.8 Å². The number of hydrazine groups is 1. The fourth-order valence-electron chi connectivity index (χ4n) is 0.580. The number of thiocarbonyl (C=S) groups is 1. The molecular formula is C4H7N3O2S. The second kappa shape index (κ2) is 2.39. The van der Waals surface area contributed by atoms with Gasteiger partial charge in [0.25, 0.3) is 5.91 Å². The molecule has 0 aromatic heterocycles. The first-order valence-corrected chi connectivity index (χ1v) is 3.05. The first-order valence-electron chi connectivity index (χ1n) is 2.65. The smallest absolute Gasteiger partial charge is 0.285 e. The predicted octanol–water partition coefficient (Wildman–Crippen LogP) is -1.06. The molecule has 0 atom stereocenters. The zero-order valence-corrected chi connectivity index (χ0v) is 6.18. The van der Waals surface area contributed by atoms with E-state index in [9.17, 15) is 4.79 Å². The van der Waals surface area contributed by atoms with Crippen LogP contribution in [0.2, 0.25) is 0 Å². The maximum absolute atomic E-state index is 10.7. The lowest BCUT2D eigenvalue weighted by Crippen LogP contribution is -2.57. The van der Waals surface area contributed by atoms with Crippen molar-refractivity contribution in [2.24, 2.45) is 0 Å². The standard InChI is InChI=1S/C4H7N3O2S/c1-6-2-3(8)7(9)5-4(6)10/h9H,2H2,1H3,(H,5,10). The third-order valence-corrected chi connectivity index (χ3v) is 1.56. The molecule has 1 aliphatic heterocycles. The van der Waals surface area contributed by atoms with Crippen LogP contribution < -0.4 is 5.43 Å². The van der Waals surface area contributed by atoms with Gasteiger partial charge in [-0.3, -0.25) is 10.0 Å². The Bertz CT molecular complexity index is 163. The summed E-state index contributed by atoms with van der Waals surface area (Å²) in [5, 5.41) is 9.45. The number of nitrogens with one attached hydrogen (secondary N) is 1. The van der Waals surface area contributed by atoms with Gasteiger partial charge in [-0.1, -0.05) is 0 Å². The highest BCUT2D eigenvalue weighted by Crippen LogP contribution is 1.94. The normalized spacial score (nSPS) is 19.4. The van der Waals surface area contributed by atoms with Crippen LogP contribution >= 0.6 is 12.2 Å². The molecule has 0 aromatic carbocycles. The van der Waals surface area contributed by atoms with Crippen LogP contribution in [0.1, 0.15) is 0 Å². The van der Waals surface area contributed by atoms with Gasteiger partial charge in [0, 0.05) is 7.05 Å². The molecule has 56 valence electrons. The molecule has 0 aliphatic carbocycles. The summed E-state index contributed by atoms with van der Waals surface area (Å²) in [7, 11) is 1.67. The Kier molecular flexibility index (Phi) is 1.73. The molecule has 5 nitrogen and oxygen atoms in total. The molecule has 1 amide bonds. The highest BCUT2D eigenvalue weighted by molar-refractivity contribution is 7.80. The molecule has 10 heavy (non-hydrogen) atoms. The van der Waals surface area contributed by atoms with Crippen LogP contribution in [0.3, 0.4) is 0 Å². The average Bonchev–Trinajstić information content (AvgIpc) is 1.84. The van der Waals surface area contributed by atoms with Gasteiger partial charge in [-0.25, -0.2) is 5.43 Å². The molecule has 0 spiro atoms. The van der Waals surface area contributed by atoms with Crippen molar-refractivity contribution in [1.29, 1.82) is 0 Å². The first kappa shape index (κ1) is 7.23. The molecule has 6 heteroatoms. The van der Waals surface area contributed by atoms with Gasteiger partial charge in [-0.15, -0.1) is 5.17 Å². The maximum atomic E-state index is 10.7. The summed E-state index contributed by atoms with van der Waals surface area (Å²) in [5.74, 6) is -0.420. The van der Waals surface area contributed by atoms with Crippen LogP contribution in [0.4, 0.5) is 0 Å². The number of nitrogens with zero attached hydrogens (tertiary/aromatic N) is 2. The summed E-state index contributed by atoms with van der Waals surface area (Å²) in [6.07, 6.45) is 0. The Hall–Kier alpha value is -0.880. The van der Waals surface area contributed by atoms with Crippen molar-refractivity contribution < 1.29 is 10.0 Å². The number of carbonyl (C=O) groups excluding carboxylic acids is 1. The van der Waals surface area contributed by atoms with Crippen LogP contribution in [0.15, 0.2) is 0 Å². The Morgan fingerprint density at radius 2 is 2.40 bits per heavy atom. The third-order valence-electron chi connectivity index (χ3n) is 1.16. The minimum absolute atomic E-state index is 0.113. The maximum Gasteiger partial charge on any atom is 0.285 e. The Morgan fingerprint density at radius 3 is 2.90 bits per heavy atom. The van der Waals surface area contributed by atoms with Gasteiger partial charge in [0.2, 0.25) is 0 Å². The summed E-state index contributed by atoms with van der Waals surface area (Å²) in [6, 6.07) is 0. The summed E-state index contributed by atoms with van der Waals surface area (Å²) < 4.78 is 0. The summed E-state index contributed by atoms with van der Waals surface area (Å²) in [5.41, 5.74) is 2.28. The van der Waals surface area contributed by atoms with Crippen LogP contribution in [-0.4, -0.2) is 39.9 Å². The van der Waals surface area contributed by atoms with Crippen LogP contribution in [-0.2, 0) is 4.79 Å². The van der Waals surface area contributed by atoms with E-state index in [4.69, 9.17) is 17.4 Å². The number of amides is 1. The largest absolute Gasteiger partial charge is 0.341 e. The molecule has 2 N–H and O–H groups in total. The van der Waals surface area contributed by atoms with E-state index in [1.807, 2.05) is 0 Å². The molecule has 1 saturated heterocycles. The Balaban J connectivity index is 2.63. The van der Waals surface area contributed by atoms with Crippen molar-refractivity contribution in [3.8, 4) is 0 Å². The van der Waals surface area contributed by atoms with E-state index in [1.165, 1.54) is 4.90 Å². The van der Waals surface area contributed by atoms with E-state index >= 15 is 0 Å². The minimum atomic E-state index is -0.420. The zero-order chi connectivity index (χ0) is 7.72. The summed E-state index contributed by atoms with van der Waals surface area (Å²) >= 11 is 4.72. The van der Waals surface area contributed by atoms with Gasteiger partial charge >= 0.3 is 0 Å². The SMILES string of the molecule is CN1CC(=O)N(O)NC1=S. The number of hydrogen-bond donors (Lipinski definition) is 2. The molecule has 0 unspecified atom stereocenters. The van der Waals surface area contributed by atoms with Crippen LogP contribution in [0, 0.1) is 0 Å². The van der Waals surface area contributed by atoms with E-state index in [0.29, 0.717) is 10.3 Å². The molecule has 1 rings (SSSR count). The van der Waals surface area contributed by atoms with Crippen molar-refractivity contribution >= 4 is 23.2 Å². The molecular weight excluding hydrogens is 154 g/mol. The zero-order valence-electron chi connectivity index (χ0n) is 5.37. The number of likely N-dealkylation sites (N-methyl/N-ethyl adjacent to an activating group) is 1. The highest BCUT2D eigenvalue weighted by atomic mass is 32.1. The van der Waals surface area contributed by atoms with Gasteiger partial charge < -0.3 is 4.90 Å². The van der Waals surface area contributed by atoms with Gasteiger partial charge in [-0.05, 0) is 12.2 Å². The third kappa shape index (κ3) is 1.17. The molecule has 0 bridgehead atoms. The summed E-state index contributed by atoms with van der Waals surface area (Å²) in [4.78, 5) is 12.2. The highest BCUT2D eigenvalue weighted by Gasteiger charge is 2.22. The van der Waals surface area contributed by atoms with E-state index < -0.39 is 5.91 Å². The van der Waals surface area contributed by atoms with Gasteiger partial charge in [0.1, 0.15) is 6.54 Å². The van der Waals surface area contributed by atoms with Gasteiger partial charge in [0.15, 0.2) is 5.11 Å². The summed E-state index contributed by atoms with van der Waals surface area (Å²) in [6.45, 7) is 0.113. The van der Waals surface area contributed by atoms with E-state index in [1.54, 1.807) is 7.05 Å². The molecule has 1 heterocycles. The number of rotatable bonds is 0. The van der Waals surface area contributed by atoms with Crippen molar-refractivity contribution in [1.82, 2.24) is 15.5 Å². The van der Waals surface area contributed by atoms with Gasteiger partial charge in [0.05, 0.1) is 0 Å². The molecule has 1 fully saturated rings. The number of carbonyl (C=O) groups is 1. The predicted molar refractivity (Wildman–Crippen MR) is 37.0 cm³/mol. The monoisotopic (exact) mass is 161 g/mol. The molecule has 0 radical (unpaired) electrons. The van der Waals surface area contributed by atoms with Crippen molar-refractivity contribution in [3.05, 3.63) is 0 Å². The lowest BCUT2D eigenvalue weighted by atomic mass is 10.5. The van der Waals surface area contributed by atoms with E-state index in [-0.39, 0.29) is 6.54 Å². The van der Waals surface area contributed by atoms with Crippen LogP contribution in [0.5, 0.6) is 0 Å². The van der Waals surface area contributed by atoms with Crippen molar-refractivity contribution in [3.63, 3.8) is 0 Å². The molecule has 1 aliphatic rings. The fraction of sp³-hybridized carbons (Fsp3) is 0.500. The van der Waals surface area contributed by atoms with Crippen molar-refractivity contribution in [2.45, 2.75) is 0 Å². The first-order chi connectivity index (χ1) is 4.61. The second-order valence-electron chi connectivity index (χ2n) is 1.98. The molecule has 0 aromatic rings. The molecule has 0 saturated carbocycles. The fourth-order valence-corrected chi connectivity index (χ4v) is 0.731. The number of hydrogen-bond acceptors (Lipinski definition) is 3. The van der Waals surface area contributed by atoms with E-state index in [2.05, 4.69) is 5.43 Å². The number of hydroxylamine groups is 1. The minimum Gasteiger partial charge on any atom is -0.341 e. The van der Waals surface area contributed by atoms with E-state index in [0.717, 1.165) is 0 Å². The average molecular weight is 161 g/mol. The second-order valence-corrected chi connectivity index (χ2v) is 2.37. The quantitative estimate of drug-likeness (QED) is 0.350. The lowest BCUT2D eigenvalue weighted by molar-refractivity contribution is -0.178.